The molecule has 0 N–H and O–H groups in total. The molecular formula is C17H29N5O4S. The largest absolute Gasteiger partial charge is 0.341 e. The third kappa shape index (κ3) is 5.26. The SMILES string of the molecule is CC(C)c1noc(CN2CCN(CC(=O)N(C)C3CCS(=O)(=O)C3)CC2)n1. The van der Waals surface area contributed by atoms with E-state index in [4.69, 9.17) is 4.52 Å². The van der Waals surface area contributed by atoms with Gasteiger partial charge in [-0.1, -0.05) is 19.0 Å². The van der Waals surface area contributed by atoms with Crippen LogP contribution in [0.1, 0.15) is 37.9 Å². The molecule has 9 nitrogen and oxygen atoms in total. The molecule has 1 atom stereocenters. The molecule has 0 spiro atoms. The van der Waals surface area contributed by atoms with Crippen molar-refractivity contribution in [3.05, 3.63) is 11.7 Å². The van der Waals surface area contributed by atoms with E-state index in [0.717, 1.165) is 32.0 Å². The van der Waals surface area contributed by atoms with Crippen molar-refractivity contribution in [2.45, 2.75) is 38.8 Å². The molecule has 2 fully saturated rings. The smallest absolute Gasteiger partial charge is 0.240 e. The fraction of sp³-hybridized carbons (Fsp3) is 0.824. The van der Waals surface area contributed by atoms with Crippen LogP contribution in [-0.2, 0) is 21.2 Å². The zero-order chi connectivity index (χ0) is 19.6. The summed E-state index contributed by atoms with van der Waals surface area (Å²) in [6, 6.07) is -0.184. The molecule has 10 heteroatoms. The molecule has 1 amide bonds. The zero-order valence-electron chi connectivity index (χ0n) is 16.3. The van der Waals surface area contributed by atoms with E-state index in [-0.39, 0.29) is 29.4 Å². The standard InChI is InChI=1S/C17H29N5O4S/c1-13(2)17-18-15(26-19-17)10-21-5-7-22(8-6-21)11-16(23)20(3)14-4-9-27(24,25)12-14/h13-14H,4-12H2,1-3H3. The average molecular weight is 400 g/mol. The average Bonchev–Trinajstić information content (AvgIpc) is 3.22. The van der Waals surface area contributed by atoms with Crippen molar-refractivity contribution in [1.29, 1.82) is 0 Å². The zero-order valence-corrected chi connectivity index (χ0v) is 17.1. The monoisotopic (exact) mass is 399 g/mol. The number of hydrogen-bond donors (Lipinski definition) is 0. The minimum absolute atomic E-state index is 0.0102. The summed E-state index contributed by atoms with van der Waals surface area (Å²) in [5.41, 5.74) is 0. The quantitative estimate of drug-likeness (QED) is 0.657. The molecular weight excluding hydrogens is 370 g/mol. The fourth-order valence-electron chi connectivity index (χ4n) is 3.45. The van der Waals surface area contributed by atoms with Gasteiger partial charge >= 0.3 is 0 Å². The second kappa shape index (κ2) is 8.24. The van der Waals surface area contributed by atoms with Crippen molar-refractivity contribution in [3.8, 4) is 0 Å². The van der Waals surface area contributed by atoms with Gasteiger partial charge < -0.3 is 9.42 Å². The summed E-state index contributed by atoms with van der Waals surface area (Å²) in [6.07, 6.45) is 0.543. The van der Waals surface area contributed by atoms with E-state index < -0.39 is 9.84 Å². The van der Waals surface area contributed by atoms with Crippen LogP contribution in [0.5, 0.6) is 0 Å². The van der Waals surface area contributed by atoms with Gasteiger partial charge in [0.25, 0.3) is 0 Å². The third-order valence-corrected chi connectivity index (χ3v) is 7.08. The Labute approximate surface area is 160 Å². The maximum absolute atomic E-state index is 12.5. The van der Waals surface area contributed by atoms with E-state index in [9.17, 15) is 13.2 Å². The second-order valence-electron chi connectivity index (χ2n) is 7.81. The van der Waals surface area contributed by atoms with Crippen LogP contribution >= 0.6 is 0 Å². The maximum Gasteiger partial charge on any atom is 0.240 e. The maximum atomic E-state index is 12.5. The molecule has 2 saturated heterocycles. The molecule has 3 rings (SSSR count). The van der Waals surface area contributed by atoms with Crippen LogP contribution in [0.4, 0.5) is 0 Å². The van der Waals surface area contributed by atoms with Crippen molar-refractivity contribution < 1.29 is 17.7 Å². The molecule has 27 heavy (non-hydrogen) atoms. The molecule has 152 valence electrons. The molecule has 2 aliphatic rings. The predicted molar refractivity (Wildman–Crippen MR) is 99.9 cm³/mol. The molecule has 0 saturated carbocycles. The number of nitrogens with zero attached hydrogens (tertiary/aromatic N) is 5. The van der Waals surface area contributed by atoms with E-state index in [2.05, 4.69) is 19.9 Å². The summed E-state index contributed by atoms with van der Waals surface area (Å²) in [7, 11) is -1.27. The molecule has 0 aromatic carbocycles. The highest BCUT2D eigenvalue weighted by Crippen LogP contribution is 2.17. The number of aromatic nitrogens is 2. The Hall–Kier alpha value is -1.52. The van der Waals surface area contributed by atoms with Crippen LogP contribution in [0.3, 0.4) is 0 Å². The Morgan fingerprint density at radius 3 is 2.48 bits per heavy atom. The second-order valence-corrected chi connectivity index (χ2v) is 10.0. The first-order valence-electron chi connectivity index (χ1n) is 9.47. The van der Waals surface area contributed by atoms with Crippen LogP contribution < -0.4 is 0 Å². The lowest BCUT2D eigenvalue weighted by molar-refractivity contribution is -0.133. The first-order chi connectivity index (χ1) is 12.7. The van der Waals surface area contributed by atoms with Gasteiger partial charge in [0.05, 0.1) is 24.6 Å². The van der Waals surface area contributed by atoms with Gasteiger partial charge in [0.15, 0.2) is 15.7 Å². The summed E-state index contributed by atoms with van der Waals surface area (Å²) in [6.45, 7) is 8.25. The third-order valence-electron chi connectivity index (χ3n) is 5.33. The van der Waals surface area contributed by atoms with Gasteiger partial charge in [0.1, 0.15) is 0 Å². The van der Waals surface area contributed by atoms with Gasteiger partial charge in [-0.15, -0.1) is 0 Å². The molecule has 2 aliphatic heterocycles. The molecule has 1 aromatic heterocycles. The van der Waals surface area contributed by atoms with Crippen molar-refractivity contribution in [3.63, 3.8) is 0 Å². The minimum Gasteiger partial charge on any atom is -0.341 e. The number of carbonyl (C=O) groups excluding carboxylic acids is 1. The van der Waals surface area contributed by atoms with Crippen LogP contribution in [0.2, 0.25) is 0 Å². The van der Waals surface area contributed by atoms with Crippen LogP contribution in [0.25, 0.3) is 0 Å². The van der Waals surface area contributed by atoms with Crippen molar-refractivity contribution in [2.24, 2.45) is 0 Å². The van der Waals surface area contributed by atoms with Gasteiger partial charge in [-0.2, -0.15) is 4.98 Å². The van der Waals surface area contributed by atoms with Crippen LogP contribution in [0, 0.1) is 0 Å². The van der Waals surface area contributed by atoms with E-state index in [1.165, 1.54) is 0 Å². The Morgan fingerprint density at radius 1 is 1.26 bits per heavy atom. The number of carbonyl (C=O) groups is 1. The summed E-state index contributed by atoms with van der Waals surface area (Å²) in [5.74, 6) is 1.87. The molecule has 0 bridgehead atoms. The van der Waals surface area contributed by atoms with E-state index in [1.54, 1.807) is 11.9 Å². The van der Waals surface area contributed by atoms with Crippen molar-refractivity contribution in [1.82, 2.24) is 24.8 Å². The Balaban J connectivity index is 1.43. The molecule has 1 unspecified atom stereocenters. The summed E-state index contributed by atoms with van der Waals surface area (Å²) in [5, 5.41) is 3.99. The normalized spacial score (nSPS) is 23.8. The van der Waals surface area contributed by atoms with Gasteiger partial charge in [-0.05, 0) is 6.42 Å². The molecule has 0 aliphatic carbocycles. The fourth-order valence-corrected chi connectivity index (χ4v) is 5.23. The Morgan fingerprint density at radius 2 is 1.93 bits per heavy atom. The van der Waals surface area contributed by atoms with Gasteiger partial charge in [-0.3, -0.25) is 14.6 Å². The topological polar surface area (TPSA) is 99.9 Å². The predicted octanol–water partition coefficient (Wildman–Crippen LogP) is -0.0439. The van der Waals surface area contributed by atoms with E-state index in [0.29, 0.717) is 25.4 Å². The van der Waals surface area contributed by atoms with Crippen molar-refractivity contribution >= 4 is 15.7 Å². The Kier molecular flexibility index (Phi) is 6.17. The highest BCUT2D eigenvalue weighted by Gasteiger charge is 2.33. The van der Waals surface area contributed by atoms with Crippen LogP contribution in [0.15, 0.2) is 4.52 Å². The van der Waals surface area contributed by atoms with Gasteiger partial charge in [0, 0.05) is 45.2 Å². The summed E-state index contributed by atoms with van der Waals surface area (Å²) >= 11 is 0. The summed E-state index contributed by atoms with van der Waals surface area (Å²) < 4.78 is 28.5. The highest BCUT2D eigenvalue weighted by atomic mass is 32.2. The lowest BCUT2D eigenvalue weighted by atomic mass is 10.2. The minimum atomic E-state index is -2.98. The van der Waals surface area contributed by atoms with Gasteiger partial charge in [0.2, 0.25) is 11.8 Å². The first-order valence-corrected chi connectivity index (χ1v) is 11.3. The number of likely N-dealkylation sites (N-methyl/N-ethyl adjacent to an activating group) is 1. The van der Waals surface area contributed by atoms with Crippen LogP contribution in [-0.4, -0.2) is 96.5 Å². The molecule has 3 heterocycles. The van der Waals surface area contributed by atoms with E-state index in [1.807, 2.05) is 13.8 Å². The Bertz CT molecular complexity index is 755. The number of amides is 1. The lowest BCUT2D eigenvalue weighted by Gasteiger charge is -2.35. The number of sulfone groups is 1. The van der Waals surface area contributed by atoms with Crippen molar-refractivity contribution in [2.75, 3.05) is 51.3 Å². The molecule has 0 radical (unpaired) electrons. The number of rotatable bonds is 6. The number of hydrogen-bond acceptors (Lipinski definition) is 8. The van der Waals surface area contributed by atoms with E-state index >= 15 is 0 Å². The first kappa shape index (κ1) is 20.2. The van der Waals surface area contributed by atoms with Gasteiger partial charge in [-0.25, -0.2) is 8.42 Å². The molecule has 1 aromatic rings. The summed E-state index contributed by atoms with van der Waals surface area (Å²) in [4.78, 5) is 22.9. The number of piperazine rings is 1. The lowest BCUT2D eigenvalue weighted by Crippen LogP contribution is -2.50. The highest BCUT2D eigenvalue weighted by molar-refractivity contribution is 7.91.